The molecule has 0 aliphatic rings. The fraction of sp³-hybridized carbons (Fsp3) is 0.500. The average Bonchev–Trinajstić information content (AvgIpc) is 2.32. The van der Waals surface area contributed by atoms with Crippen molar-refractivity contribution in [3.8, 4) is 0 Å². The molecule has 0 aliphatic heterocycles. The standard InChI is InChI=1S/C9H11N.C3H8.C2H6/c1-3-8-6-5-7-10-9(8)4-2;1-3-2;1-2/h3-7H,1-2H3;3H2,1-2H3;1-2H3/b8-3-,9-4+;;. The zero-order chi connectivity index (χ0) is 12.1. The molecule has 0 atom stereocenters. The summed E-state index contributed by atoms with van der Waals surface area (Å²) in [5.74, 6) is 0. The Labute approximate surface area is 94.6 Å². The zero-order valence-electron chi connectivity index (χ0n) is 11.0. The van der Waals surface area contributed by atoms with E-state index in [9.17, 15) is 0 Å². The molecule has 0 amide bonds. The first-order chi connectivity index (χ1) is 7.29. The molecule has 0 bridgehead atoms. The molecular formula is C14H25N. The van der Waals surface area contributed by atoms with E-state index in [1.54, 1.807) is 0 Å². The van der Waals surface area contributed by atoms with Crippen LogP contribution < -0.4 is 10.6 Å². The van der Waals surface area contributed by atoms with Crippen LogP contribution in [-0.4, -0.2) is 4.98 Å². The van der Waals surface area contributed by atoms with Crippen molar-refractivity contribution in [2.24, 2.45) is 0 Å². The van der Waals surface area contributed by atoms with E-state index in [2.05, 4.69) is 31.0 Å². The second-order valence-electron chi connectivity index (χ2n) is 2.76. The third kappa shape index (κ3) is 7.92. The summed E-state index contributed by atoms with van der Waals surface area (Å²) < 4.78 is 0. The maximum absolute atomic E-state index is 4.18. The van der Waals surface area contributed by atoms with Crippen LogP contribution >= 0.6 is 0 Å². The highest BCUT2D eigenvalue weighted by molar-refractivity contribution is 5.24. The molecule has 0 saturated carbocycles. The van der Waals surface area contributed by atoms with Gasteiger partial charge in [0.25, 0.3) is 0 Å². The van der Waals surface area contributed by atoms with Crippen molar-refractivity contribution in [1.82, 2.24) is 4.98 Å². The summed E-state index contributed by atoms with van der Waals surface area (Å²) in [7, 11) is 0. The lowest BCUT2D eigenvalue weighted by molar-refractivity contribution is 1.09. The number of aromatic nitrogens is 1. The van der Waals surface area contributed by atoms with E-state index < -0.39 is 0 Å². The van der Waals surface area contributed by atoms with E-state index in [0.717, 1.165) is 5.35 Å². The van der Waals surface area contributed by atoms with Crippen molar-refractivity contribution in [2.45, 2.75) is 48.0 Å². The highest BCUT2D eigenvalue weighted by Crippen LogP contribution is 1.66. The molecule has 0 aromatic carbocycles. The second-order valence-corrected chi connectivity index (χ2v) is 2.76. The molecule has 1 rings (SSSR count). The normalized spacial score (nSPS) is 11.1. The SMILES string of the molecule is C/C=c1/cccn/c1=C/C.CC.CCC. The number of rotatable bonds is 0. The van der Waals surface area contributed by atoms with Crippen LogP contribution in [0.15, 0.2) is 18.3 Å². The molecule has 0 aliphatic carbocycles. The molecule has 86 valence electrons. The molecule has 0 saturated heterocycles. The highest BCUT2D eigenvalue weighted by Gasteiger charge is 1.78. The van der Waals surface area contributed by atoms with Gasteiger partial charge < -0.3 is 0 Å². The fourth-order valence-electron chi connectivity index (χ4n) is 0.915. The Morgan fingerprint density at radius 2 is 1.67 bits per heavy atom. The summed E-state index contributed by atoms with van der Waals surface area (Å²) >= 11 is 0. The molecule has 0 unspecified atom stereocenters. The first kappa shape index (κ1) is 16.3. The van der Waals surface area contributed by atoms with Crippen LogP contribution in [0.2, 0.25) is 0 Å². The third-order valence-electron chi connectivity index (χ3n) is 1.46. The van der Waals surface area contributed by atoms with Crippen LogP contribution in [0, 0.1) is 0 Å². The van der Waals surface area contributed by atoms with Gasteiger partial charge in [0.1, 0.15) is 0 Å². The third-order valence-corrected chi connectivity index (χ3v) is 1.46. The lowest BCUT2D eigenvalue weighted by atomic mass is 10.3. The topological polar surface area (TPSA) is 12.9 Å². The summed E-state index contributed by atoms with van der Waals surface area (Å²) in [6.07, 6.45) is 7.12. The minimum Gasteiger partial charge on any atom is -0.257 e. The average molecular weight is 207 g/mol. The van der Waals surface area contributed by atoms with E-state index in [1.165, 1.54) is 11.6 Å². The quantitative estimate of drug-likeness (QED) is 0.637. The predicted octanol–water partition coefficient (Wildman–Crippen LogP) is 3.12. The van der Waals surface area contributed by atoms with Crippen molar-refractivity contribution in [2.75, 3.05) is 0 Å². The van der Waals surface area contributed by atoms with Crippen molar-refractivity contribution in [3.63, 3.8) is 0 Å². The largest absolute Gasteiger partial charge is 0.257 e. The van der Waals surface area contributed by atoms with Gasteiger partial charge in [-0.05, 0) is 25.1 Å². The first-order valence-electron chi connectivity index (χ1n) is 5.83. The van der Waals surface area contributed by atoms with Gasteiger partial charge in [-0.15, -0.1) is 0 Å². The van der Waals surface area contributed by atoms with Crippen LogP contribution in [0.4, 0.5) is 0 Å². The van der Waals surface area contributed by atoms with Gasteiger partial charge in [0.05, 0.1) is 5.35 Å². The molecule has 0 radical (unpaired) electrons. The van der Waals surface area contributed by atoms with Gasteiger partial charge in [0.2, 0.25) is 0 Å². The van der Waals surface area contributed by atoms with Gasteiger partial charge in [-0.3, -0.25) is 4.98 Å². The van der Waals surface area contributed by atoms with Crippen molar-refractivity contribution < 1.29 is 0 Å². The van der Waals surface area contributed by atoms with Crippen LogP contribution in [0.3, 0.4) is 0 Å². The lowest BCUT2D eigenvalue weighted by Crippen LogP contribution is -2.26. The maximum atomic E-state index is 4.18. The van der Waals surface area contributed by atoms with Crippen LogP contribution in [0.1, 0.15) is 48.0 Å². The Balaban J connectivity index is 0. The summed E-state index contributed by atoms with van der Waals surface area (Å²) in [6.45, 7) is 12.3. The molecule has 1 heteroatoms. The highest BCUT2D eigenvalue weighted by atomic mass is 14.6. The maximum Gasteiger partial charge on any atom is 0.0656 e. The Morgan fingerprint density at radius 1 is 1.13 bits per heavy atom. The molecule has 1 aromatic heterocycles. The van der Waals surface area contributed by atoms with E-state index >= 15 is 0 Å². The first-order valence-corrected chi connectivity index (χ1v) is 5.83. The minimum absolute atomic E-state index is 1.06. The minimum atomic E-state index is 1.06. The van der Waals surface area contributed by atoms with Crippen molar-refractivity contribution in [3.05, 3.63) is 28.9 Å². The lowest BCUT2D eigenvalue weighted by Gasteiger charge is -1.84. The van der Waals surface area contributed by atoms with E-state index in [1.807, 2.05) is 46.0 Å². The fourth-order valence-corrected chi connectivity index (χ4v) is 0.915. The summed E-state index contributed by atoms with van der Waals surface area (Å²) in [5, 5.41) is 2.26. The Bertz CT molecular complexity index is 292. The van der Waals surface area contributed by atoms with Gasteiger partial charge in [-0.25, -0.2) is 0 Å². The molecular weight excluding hydrogens is 182 g/mol. The number of nitrogens with zero attached hydrogens (tertiary/aromatic N) is 1. The van der Waals surface area contributed by atoms with Gasteiger partial charge in [0, 0.05) is 6.20 Å². The van der Waals surface area contributed by atoms with Gasteiger partial charge >= 0.3 is 0 Å². The van der Waals surface area contributed by atoms with Gasteiger partial charge in [-0.2, -0.15) is 0 Å². The Hall–Kier alpha value is -1.11. The van der Waals surface area contributed by atoms with Crippen LogP contribution in [-0.2, 0) is 0 Å². The van der Waals surface area contributed by atoms with Crippen LogP contribution in [0.25, 0.3) is 12.2 Å². The summed E-state index contributed by atoms with van der Waals surface area (Å²) in [6, 6.07) is 4.00. The van der Waals surface area contributed by atoms with Crippen molar-refractivity contribution in [1.29, 1.82) is 0 Å². The van der Waals surface area contributed by atoms with E-state index in [-0.39, 0.29) is 0 Å². The van der Waals surface area contributed by atoms with Crippen LogP contribution in [0.5, 0.6) is 0 Å². The number of hydrogen-bond donors (Lipinski definition) is 0. The zero-order valence-corrected chi connectivity index (χ0v) is 11.0. The smallest absolute Gasteiger partial charge is 0.0656 e. The number of hydrogen-bond acceptors (Lipinski definition) is 1. The predicted molar refractivity (Wildman–Crippen MR) is 71.1 cm³/mol. The summed E-state index contributed by atoms with van der Waals surface area (Å²) in [5.41, 5.74) is 0. The summed E-state index contributed by atoms with van der Waals surface area (Å²) in [4.78, 5) is 4.18. The second kappa shape index (κ2) is 12.9. The van der Waals surface area contributed by atoms with Gasteiger partial charge in [-0.1, -0.05) is 52.3 Å². The molecule has 0 spiro atoms. The molecule has 0 N–H and O–H groups in total. The Morgan fingerprint density at radius 3 is 2.00 bits per heavy atom. The molecule has 1 nitrogen and oxygen atoms in total. The molecule has 1 aromatic rings. The van der Waals surface area contributed by atoms with E-state index in [4.69, 9.17) is 0 Å². The number of pyridine rings is 1. The Kier molecular flexibility index (Phi) is 14.0. The van der Waals surface area contributed by atoms with Crippen molar-refractivity contribution >= 4 is 12.2 Å². The molecule has 15 heavy (non-hydrogen) atoms. The molecule has 1 heterocycles. The monoisotopic (exact) mass is 207 g/mol. The molecule has 0 fully saturated rings. The van der Waals surface area contributed by atoms with E-state index in [0.29, 0.717) is 0 Å². The van der Waals surface area contributed by atoms with Gasteiger partial charge in [0.15, 0.2) is 0 Å².